The summed E-state index contributed by atoms with van der Waals surface area (Å²) in [7, 11) is 0. The fourth-order valence-corrected chi connectivity index (χ4v) is 12.1. The predicted octanol–water partition coefficient (Wildman–Crippen LogP) is 18.3. The summed E-state index contributed by atoms with van der Waals surface area (Å²) in [5.74, 6) is 0. The van der Waals surface area contributed by atoms with Crippen molar-refractivity contribution in [2.75, 3.05) is 9.80 Å². The average molecular weight is 855 g/mol. The van der Waals surface area contributed by atoms with Crippen molar-refractivity contribution in [1.29, 1.82) is 0 Å². The molecule has 4 nitrogen and oxygen atoms in total. The smallest absolute Gasteiger partial charge is 0.136 e. The normalized spacial score (nSPS) is 12.1. The molecule has 64 heavy (non-hydrogen) atoms. The topological polar surface area (TPSA) is 32.8 Å². The zero-order valence-electron chi connectivity index (χ0n) is 34.2. The van der Waals surface area contributed by atoms with Gasteiger partial charge in [0, 0.05) is 96.0 Å². The van der Waals surface area contributed by atoms with Gasteiger partial charge >= 0.3 is 0 Å². The molecule has 10 aromatic carbocycles. The Kier molecular flexibility index (Phi) is 7.69. The molecule has 0 amide bonds. The Morgan fingerprint density at radius 3 is 1.09 bits per heavy atom. The van der Waals surface area contributed by atoms with E-state index in [2.05, 4.69) is 216 Å². The number of rotatable bonds is 6. The monoisotopic (exact) mass is 854 g/mol. The van der Waals surface area contributed by atoms with Crippen LogP contribution in [0.3, 0.4) is 0 Å². The Morgan fingerprint density at radius 1 is 0.250 bits per heavy atom. The molecule has 14 aromatic rings. The number of thiophene rings is 2. The third kappa shape index (κ3) is 5.53. The molecule has 0 saturated heterocycles. The van der Waals surface area contributed by atoms with Crippen molar-refractivity contribution in [3.63, 3.8) is 0 Å². The number of nitrogens with zero attached hydrogens (tertiary/aromatic N) is 2. The van der Waals surface area contributed by atoms with Gasteiger partial charge in [0.05, 0.1) is 0 Å². The molecule has 6 heteroatoms. The van der Waals surface area contributed by atoms with E-state index in [9.17, 15) is 0 Å². The van der Waals surface area contributed by atoms with Crippen molar-refractivity contribution in [1.82, 2.24) is 0 Å². The van der Waals surface area contributed by atoms with Crippen molar-refractivity contribution < 1.29 is 8.83 Å². The Morgan fingerprint density at radius 2 is 0.625 bits per heavy atom. The van der Waals surface area contributed by atoms with Crippen LogP contribution in [0.15, 0.2) is 215 Å². The summed E-state index contributed by atoms with van der Waals surface area (Å²) < 4.78 is 18.4. The number of hydrogen-bond donors (Lipinski definition) is 0. The largest absolute Gasteiger partial charge is 0.456 e. The lowest BCUT2D eigenvalue weighted by Crippen LogP contribution is -2.09. The lowest BCUT2D eigenvalue weighted by Gasteiger charge is -2.25. The van der Waals surface area contributed by atoms with Crippen LogP contribution in [0.1, 0.15) is 0 Å². The lowest BCUT2D eigenvalue weighted by atomic mass is 10.0. The molecule has 0 radical (unpaired) electrons. The van der Waals surface area contributed by atoms with Crippen molar-refractivity contribution in [2.24, 2.45) is 0 Å². The molecule has 0 aliphatic carbocycles. The predicted molar refractivity (Wildman–Crippen MR) is 274 cm³/mol. The van der Waals surface area contributed by atoms with E-state index in [0.717, 1.165) is 88.8 Å². The van der Waals surface area contributed by atoms with Crippen molar-refractivity contribution >= 4 is 152 Å². The molecule has 0 atom stereocenters. The zero-order valence-corrected chi connectivity index (χ0v) is 35.8. The van der Waals surface area contributed by atoms with Gasteiger partial charge in [0.1, 0.15) is 22.3 Å². The first kappa shape index (κ1) is 35.7. The van der Waals surface area contributed by atoms with Gasteiger partial charge in [0.2, 0.25) is 0 Å². The highest BCUT2D eigenvalue weighted by atomic mass is 32.1. The fraction of sp³-hybridized carbons (Fsp3) is 0. The van der Waals surface area contributed by atoms with Crippen LogP contribution >= 0.6 is 22.7 Å². The summed E-state index contributed by atoms with van der Waals surface area (Å²) >= 11 is 3.68. The standard InChI is InChI=1S/C58H34N2O2S2/c1-3-11-37(12-4-1)59(41-19-23-45-43-15-7-9-17-55(43)63-57(45)33-41)39-21-25-51-49(31-39)47-27-35-30-54-48(28-36(35)29-53(47)61-51)50-32-40(22-26-52(50)62-54)60(38-13-5-2-6-14-38)42-20-24-46-44-16-8-10-18-56(44)64-58(46)34-42/h1-34H. The van der Waals surface area contributed by atoms with Crippen molar-refractivity contribution in [3.05, 3.63) is 206 Å². The highest BCUT2D eigenvalue weighted by molar-refractivity contribution is 7.26. The van der Waals surface area contributed by atoms with Crippen LogP contribution in [0, 0.1) is 0 Å². The first-order valence-electron chi connectivity index (χ1n) is 21.5. The maximum absolute atomic E-state index is 6.63. The number of para-hydroxylation sites is 2. The molecule has 0 bridgehead atoms. The van der Waals surface area contributed by atoms with Crippen LogP contribution in [0.25, 0.3) is 95.0 Å². The molecule has 4 heterocycles. The van der Waals surface area contributed by atoms with Crippen LogP contribution < -0.4 is 9.80 Å². The summed E-state index contributed by atoms with van der Waals surface area (Å²) in [6.45, 7) is 0. The minimum atomic E-state index is 0.857. The zero-order chi connectivity index (χ0) is 41.9. The number of hydrogen-bond acceptors (Lipinski definition) is 6. The molecule has 0 aliphatic rings. The summed E-state index contributed by atoms with van der Waals surface area (Å²) in [6.07, 6.45) is 0. The van der Waals surface area contributed by atoms with E-state index in [4.69, 9.17) is 8.83 Å². The highest BCUT2D eigenvalue weighted by Gasteiger charge is 2.20. The van der Waals surface area contributed by atoms with Crippen LogP contribution in [-0.2, 0) is 0 Å². The van der Waals surface area contributed by atoms with E-state index in [0.29, 0.717) is 0 Å². The number of benzene rings is 10. The second-order valence-corrected chi connectivity index (χ2v) is 18.7. The summed E-state index contributed by atoms with van der Waals surface area (Å²) in [4.78, 5) is 4.69. The molecular weight excluding hydrogens is 821 g/mol. The minimum Gasteiger partial charge on any atom is -0.456 e. The molecule has 4 aromatic heterocycles. The van der Waals surface area contributed by atoms with E-state index in [1.807, 2.05) is 22.7 Å². The lowest BCUT2D eigenvalue weighted by molar-refractivity contribution is 0.668. The maximum Gasteiger partial charge on any atom is 0.136 e. The van der Waals surface area contributed by atoms with Crippen molar-refractivity contribution in [2.45, 2.75) is 0 Å². The van der Waals surface area contributed by atoms with Gasteiger partial charge in [-0.05, 0) is 132 Å². The van der Waals surface area contributed by atoms with Gasteiger partial charge in [0.25, 0.3) is 0 Å². The minimum absolute atomic E-state index is 0.857. The molecule has 14 rings (SSSR count). The molecule has 300 valence electrons. The van der Waals surface area contributed by atoms with E-state index in [1.54, 1.807) is 0 Å². The molecule has 0 aliphatic heterocycles. The van der Waals surface area contributed by atoms with Crippen LogP contribution in [-0.4, -0.2) is 0 Å². The Balaban J connectivity index is 0.885. The van der Waals surface area contributed by atoms with E-state index >= 15 is 0 Å². The quantitative estimate of drug-likeness (QED) is 0.167. The number of fused-ring (bicyclic) bond motifs is 13. The third-order valence-electron chi connectivity index (χ3n) is 12.8. The molecular formula is C58H34N2O2S2. The Labute approximate surface area is 374 Å². The van der Waals surface area contributed by atoms with Gasteiger partial charge in [-0.25, -0.2) is 0 Å². The molecule has 0 spiro atoms. The first-order chi connectivity index (χ1) is 31.7. The molecule has 0 unspecified atom stereocenters. The summed E-state index contributed by atoms with van der Waals surface area (Å²) in [5.41, 5.74) is 9.99. The summed E-state index contributed by atoms with van der Waals surface area (Å²) in [5, 5.41) is 11.7. The Bertz CT molecular complexity index is 3890. The second-order valence-electron chi connectivity index (χ2n) is 16.5. The highest BCUT2D eigenvalue weighted by Crippen LogP contribution is 2.45. The van der Waals surface area contributed by atoms with Crippen molar-refractivity contribution in [3.8, 4) is 0 Å². The summed E-state index contributed by atoms with van der Waals surface area (Å²) in [6, 6.07) is 74.2. The molecule has 0 fully saturated rings. The van der Waals surface area contributed by atoms with Gasteiger partial charge in [-0.1, -0.05) is 84.9 Å². The van der Waals surface area contributed by atoms with Gasteiger partial charge < -0.3 is 18.6 Å². The number of furan rings is 2. The van der Waals surface area contributed by atoms with Gasteiger partial charge in [0.15, 0.2) is 0 Å². The number of anilines is 6. The van der Waals surface area contributed by atoms with Gasteiger partial charge in [-0.15, -0.1) is 22.7 Å². The van der Waals surface area contributed by atoms with Crippen LogP contribution in [0.5, 0.6) is 0 Å². The van der Waals surface area contributed by atoms with Gasteiger partial charge in [-0.3, -0.25) is 0 Å². The van der Waals surface area contributed by atoms with Crippen LogP contribution in [0.2, 0.25) is 0 Å². The van der Waals surface area contributed by atoms with E-state index in [1.165, 1.54) is 40.3 Å². The molecule has 0 saturated carbocycles. The van der Waals surface area contributed by atoms with Gasteiger partial charge in [-0.2, -0.15) is 0 Å². The first-order valence-corrected chi connectivity index (χ1v) is 23.1. The second kappa shape index (κ2) is 13.8. The molecule has 0 N–H and O–H groups in total. The average Bonchev–Trinajstić information content (AvgIpc) is 4.10. The van der Waals surface area contributed by atoms with E-state index < -0.39 is 0 Å². The van der Waals surface area contributed by atoms with E-state index in [-0.39, 0.29) is 0 Å². The fourth-order valence-electron chi connectivity index (χ4n) is 9.80. The SMILES string of the molecule is c1ccc(N(c2ccc3c(c2)sc2ccccc23)c2ccc3oc4cc5cc6c(cc5cc4c3c2)oc2ccc(N(c3ccccc3)c3ccc4c(c3)sc3ccccc34)cc26)cc1. The Hall–Kier alpha value is -7.90. The van der Waals surface area contributed by atoms with Crippen LogP contribution in [0.4, 0.5) is 34.1 Å². The third-order valence-corrected chi connectivity index (χ3v) is 15.0. The maximum atomic E-state index is 6.63.